The van der Waals surface area contributed by atoms with E-state index >= 15 is 0 Å². The highest BCUT2D eigenvalue weighted by Gasteiger charge is 2.36. The van der Waals surface area contributed by atoms with Crippen molar-refractivity contribution in [3.8, 4) is 67.9 Å². The molecule has 302 valence electrons. The quantitative estimate of drug-likeness (QED) is 0.119. The molecule has 0 atom stereocenters. The fourth-order valence-corrected chi connectivity index (χ4v) is 6.43. The molecule has 0 aliphatic carbocycles. The maximum Gasteiger partial charge on any atom is 0.417 e. The van der Waals surface area contributed by atoms with Crippen molar-refractivity contribution in [1.29, 1.82) is 0 Å². The maximum atomic E-state index is 13.8. The largest absolute Gasteiger partial charge is 0.417 e. The van der Waals surface area contributed by atoms with Crippen molar-refractivity contribution in [3.63, 3.8) is 0 Å². The van der Waals surface area contributed by atoms with E-state index in [0.29, 0.717) is 34.1 Å². The number of carbonyl (C=O) groups excluding carboxylic acids is 1. The third kappa shape index (κ3) is 8.93. The molecule has 1 N–H and O–H groups in total. The van der Waals surface area contributed by atoms with Crippen LogP contribution in [0.3, 0.4) is 0 Å². The Morgan fingerprint density at radius 3 is 1.32 bits per heavy atom. The molecule has 0 spiro atoms. The molecule has 0 amide bonds. The van der Waals surface area contributed by atoms with E-state index in [4.69, 9.17) is 14.2 Å². The second-order valence-electron chi connectivity index (χ2n) is 13.6. The molecule has 0 saturated carbocycles. The zero-order valence-corrected chi connectivity index (χ0v) is 31.7. The fourth-order valence-electron chi connectivity index (χ4n) is 6.43. The monoisotopic (exact) mass is 818 g/mol. The number of nitrogens with zero attached hydrogens (tertiary/aromatic N) is 4. The number of aldehydes is 1. The topological polar surface area (TPSA) is 115 Å². The Kier molecular flexibility index (Phi) is 11.6. The normalized spacial score (nSPS) is 11.6. The van der Waals surface area contributed by atoms with Crippen LogP contribution in [-0.2, 0) is 19.0 Å². The minimum absolute atomic E-state index is 0.00179. The smallest absolute Gasteiger partial charge is 0.392 e. The average Bonchev–Trinajstić information content (AvgIpc) is 3.95. The molecule has 0 bridgehead atoms. The predicted molar refractivity (Wildman–Crippen MR) is 212 cm³/mol. The minimum atomic E-state index is -4.55. The van der Waals surface area contributed by atoms with E-state index in [1.807, 2.05) is 0 Å². The lowest BCUT2D eigenvalue weighted by Gasteiger charge is -2.15. The molecule has 60 heavy (non-hydrogen) atoms. The number of benzene rings is 6. The highest BCUT2D eigenvalue weighted by atomic mass is 19.4. The van der Waals surface area contributed by atoms with E-state index in [9.17, 15) is 31.1 Å². The van der Waals surface area contributed by atoms with Gasteiger partial charge in [0, 0.05) is 27.8 Å². The lowest BCUT2D eigenvalue weighted by atomic mass is 9.94. The predicted octanol–water partition coefficient (Wildman–Crippen LogP) is 12.1. The SMILES string of the molecule is Cc1ccccc1-c1ccc(-c2nc(-c3ccc(C=O)cc3)no2)cc1C(F)(F)F.Cc1ccccc1-c1ccc(-c2nc(-c3ccc(CO)cc3)no2)cc1C(F)(F)F. The summed E-state index contributed by atoms with van der Waals surface area (Å²) in [5.41, 5.74) is 3.98. The molecule has 8 nitrogen and oxygen atoms in total. The number of alkyl halides is 6. The molecular weight excluding hydrogens is 787 g/mol. The number of aliphatic hydroxyl groups is 1. The first-order valence-electron chi connectivity index (χ1n) is 18.2. The summed E-state index contributed by atoms with van der Waals surface area (Å²) in [7, 11) is 0. The van der Waals surface area contributed by atoms with Gasteiger partial charge in [-0.2, -0.15) is 36.3 Å². The standard InChI is InChI=1S/C23H17F3N2O2.C23H15F3N2O2/c2*1-14-4-2-3-5-18(14)19-11-10-17(12-20(19)23(24,25)26)22-27-21(28-30-22)16-8-6-15(13-29)7-9-16/h2-12,29H,13H2,1H3;2-13H,1H3. The van der Waals surface area contributed by atoms with E-state index in [2.05, 4.69) is 20.3 Å². The van der Waals surface area contributed by atoms with Crippen LogP contribution in [0.25, 0.3) is 67.9 Å². The molecule has 6 aromatic carbocycles. The second kappa shape index (κ2) is 17.0. The van der Waals surface area contributed by atoms with Gasteiger partial charge in [0.05, 0.1) is 17.7 Å². The first-order valence-corrected chi connectivity index (χ1v) is 18.2. The number of aliphatic hydroxyl groups excluding tert-OH is 1. The molecule has 0 radical (unpaired) electrons. The van der Waals surface area contributed by atoms with Crippen LogP contribution in [0.1, 0.15) is 38.2 Å². The molecule has 14 heteroatoms. The molecule has 8 aromatic rings. The lowest BCUT2D eigenvalue weighted by Crippen LogP contribution is -2.08. The number of rotatable bonds is 8. The van der Waals surface area contributed by atoms with Crippen LogP contribution in [0.15, 0.2) is 143 Å². The minimum Gasteiger partial charge on any atom is -0.392 e. The number of halogens is 6. The van der Waals surface area contributed by atoms with Gasteiger partial charge in [-0.05, 0) is 77.1 Å². The molecule has 8 rings (SSSR count). The van der Waals surface area contributed by atoms with Crippen LogP contribution < -0.4 is 0 Å². The van der Waals surface area contributed by atoms with Crippen LogP contribution in [0.5, 0.6) is 0 Å². The van der Waals surface area contributed by atoms with E-state index in [0.717, 1.165) is 28.8 Å². The van der Waals surface area contributed by atoms with Crippen LogP contribution in [0.4, 0.5) is 26.3 Å². The highest BCUT2D eigenvalue weighted by Crippen LogP contribution is 2.42. The summed E-state index contributed by atoms with van der Waals surface area (Å²) in [6, 6.07) is 35.1. The first kappa shape index (κ1) is 41.0. The van der Waals surface area contributed by atoms with Gasteiger partial charge in [-0.15, -0.1) is 0 Å². The van der Waals surface area contributed by atoms with Crippen LogP contribution in [-0.4, -0.2) is 31.7 Å². The third-order valence-electron chi connectivity index (χ3n) is 9.57. The molecular formula is C46H32F6N4O4. The van der Waals surface area contributed by atoms with Gasteiger partial charge in [0.25, 0.3) is 11.8 Å². The summed E-state index contributed by atoms with van der Waals surface area (Å²) in [6.07, 6.45) is -8.39. The number of hydrogen-bond acceptors (Lipinski definition) is 8. The van der Waals surface area contributed by atoms with Gasteiger partial charge in [0.1, 0.15) is 6.29 Å². The Hall–Kier alpha value is -7.19. The van der Waals surface area contributed by atoms with Gasteiger partial charge in [-0.25, -0.2) is 0 Å². The zero-order valence-electron chi connectivity index (χ0n) is 31.7. The zero-order chi connectivity index (χ0) is 42.6. The number of carbonyl (C=O) groups is 1. The molecule has 0 aliphatic heterocycles. The average molecular weight is 819 g/mol. The summed E-state index contributed by atoms with van der Waals surface area (Å²) in [6.45, 7) is 3.45. The molecule has 2 aromatic heterocycles. The van der Waals surface area contributed by atoms with E-state index in [-0.39, 0.29) is 52.3 Å². The number of aryl methyl sites for hydroxylation is 2. The summed E-state index contributed by atoms with van der Waals surface area (Å²) < 4.78 is 93.3. The van der Waals surface area contributed by atoms with Gasteiger partial charge in [0.15, 0.2) is 0 Å². The molecule has 0 unspecified atom stereocenters. The van der Waals surface area contributed by atoms with E-state index in [1.165, 1.54) is 18.2 Å². The van der Waals surface area contributed by atoms with Gasteiger partial charge in [-0.1, -0.05) is 120 Å². The molecule has 2 heterocycles. The van der Waals surface area contributed by atoms with Gasteiger partial charge in [0.2, 0.25) is 11.6 Å². The van der Waals surface area contributed by atoms with Crippen molar-refractivity contribution in [2.75, 3.05) is 0 Å². The molecule has 0 aliphatic rings. The Morgan fingerprint density at radius 1 is 0.533 bits per heavy atom. The Labute approximate surface area is 338 Å². The highest BCUT2D eigenvalue weighted by molar-refractivity contribution is 5.77. The van der Waals surface area contributed by atoms with Gasteiger partial charge < -0.3 is 14.2 Å². The fraction of sp³-hybridized carbons (Fsp3) is 0.109. The Balaban J connectivity index is 0.000000181. The van der Waals surface area contributed by atoms with Crippen molar-refractivity contribution in [3.05, 3.63) is 167 Å². The lowest BCUT2D eigenvalue weighted by molar-refractivity contribution is -0.137. The summed E-state index contributed by atoms with van der Waals surface area (Å²) in [5, 5.41) is 16.8. The molecule has 0 fully saturated rings. The maximum absolute atomic E-state index is 13.8. The van der Waals surface area contributed by atoms with Crippen LogP contribution >= 0.6 is 0 Å². The second-order valence-corrected chi connectivity index (χ2v) is 13.6. The Bertz CT molecular complexity index is 2780. The van der Waals surface area contributed by atoms with E-state index < -0.39 is 23.5 Å². The van der Waals surface area contributed by atoms with Crippen molar-refractivity contribution in [2.24, 2.45) is 0 Å². The van der Waals surface area contributed by atoms with Gasteiger partial charge >= 0.3 is 12.4 Å². The van der Waals surface area contributed by atoms with Crippen LogP contribution in [0.2, 0.25) is 0 Å². The molecule has 0 saturated heterocycles. The first-order chi connectivity index (χ1) is 28.7. The summed E-state index contributed by atoms with van der Waals surface area (Å²) in [5.74, 6) is 0.453. The van der Waals surface area contributed by atoms with Gasteiger partial charge in [-0.3, -0.25) is 4.79 Å². The third-order valence-corrected chi connectivity index (χ3v) is 9.57. The number of aromatic nitrogens is 4. The van der Waals surface area contributed by atoms with Crippen LogP contribution in [0, 0.1) is 13.8 Å². The van der Waals surface area contributed by atoms with E-state index in [1.54, 1.807) is 117 Å². The summed E-state index contributed by atoms with van der Waals surface area (Å²) in [4.78, 5) is 19.2. The van der Waals surface area contributed by atoms with Crippen molar-refractivity contribution >= 4 is 6.29 Å². The van der Waals surface area contributed by atoms with Crippen molar-refractivity contribution in [1.82, 2.24) is 20.3 Å². The summed E-state index contributed by atoms with van der Waals surface area (Å²) >= 11 is 0. The number of hydrogen-bond donors (Lipinski definition) is 1. The van der Waals surface area contributed by atoms with Crippen molar-refractivity contribution in [2.45, 2.75) is 32.8 Å². The van der Waals surface area contributed by atoms with Crippen molar-refractivity contribution < 1.29 is 45.3 Å². The Morgan fingerprint density at radius 2 is 0.933 bits per heavy atom.